The first kappa shape index (κ1) is 17.4. The summed E-state index contributed by atoms with van der Waals surface area (Å²) < 4.78 is 25.4. The number of piperidine rings is 1. The van der Waals surface area contributed by atoms with Gasteiger partial charge in [-0.15, -0.1) is 0 Å². The minimum atomic E-state index is -3.12. The van der Waals surface area contributed by atoms with Gasteiger partial charge >= 0.3 is 0 Å². The molecule has 0 aliphatic carbocycles. The molecule has 0 spiro atoms. The first-order valence-electron chi connectivity index (χ1n) is 7.85. The van der Waals surface area contributed by atoms with Crippen molar-refractivity contribution in [3.05, 3.63) is 35.9 Å². The molecule has 1 unspecified atom stereocenters. The third-order valence-corrected chi connectivity index (χ3v) is 6.40. The Morgan fingerprint density at radius 1 is 1.27 bits per heavy atom. The number of β-amino-alcohol motifs (C(OH)–C–C–N with tert-alkyl or cyclic N) is 1. The van der Waals surface area contributed by atoms with Crippen molar-refractivity contribution in [3.8, 4) is 0 Å². The molecule has 124 valence electrons. The van der Waals surface area contributed by atoms with E-state index in [2.05, 4.69) is 4.90 Å². The monoisotopic (exact) mass is 326 g/mol. The van der Waals surface area contributed by atoms with Crippen LogP contribution >= 0.6 is 0 Å². The molecule has 1 aliphatic rings. The van der Waals surface area contributed by atoms with Crippen LogP contribution in [0.15, 0.2) is 30.3 Å². The van der Waals surface area contributed by atoms with Gasteiger partial charge in [0.1, 0.15) is 0 Å². The van der Waals surface area contributed by atoms with Crippen LogP contribution in [0.2, 0.25) is 0 Å². The van der Waals surface area contributed by atoms with E-state index in [0.717, 1.165) is 31.5 Å². The van der Waals surface area contributed by atoms with E-state index in [1.54, 1.807) is 14.0 Å². The van der Waals surface area contributed by atoms with Gasteiger partial charge in [-0.1, -0.05) is 30.3 Å². The van der Waals surface area contributed by atoms with Crippen molar-refractivity contribution in [2.75, 3.05) is 32.4 Å². The SMILES string of the molecule is CCS(=O)(=O)N(C)C1CCN(CC(O)c2ccccc2)CC1. The summed E-state index contributed by atoms with van der Waals surface area (Å²) in [4.78, 5) is 2.21. The molecule has 1 aliphatic heterocycles. The molecule has 0 radical (unpaired) electrons. The molecule has 5 nitrogen and oxygen atoms in total. The number of sulfonamides is 1. The first-order valence-corrected chi connectivity index (χ1v) is 9.46. The minimum absolute atomic E-state index is 0.0788. The van der Waals surface area contributed by atoms with Crippen molar-refractivity contribution in [2.24, 2.45) is 0 Å². The molecule has 0 aromatic heterocycles. The third-order valence-electron chi connectivity index (χ3n) is 4.49. The number of aliphatic hydroxyl groups excluding tert-OH is 1. The molecule has 1 saturated heterocycles. The summed E-state index contributed by atoms with van der Waals surface area (Å²) in [5.41, 5.74) is 0.926. The Morgan fingerprint density at radius 2 is 1.86 bits per heavy atom. The van der Waals surface area contributed by atoms with Crippen molar-refractivity contribution >= 4 is 10.0 Å². The number of hydrogen-bond acceptors (Lipinski definition) is 4. The summed E-state index contributed by atoms with van der Waals surface area (Å²) in [7, 11) is -1.44. The largest absolute Gasteiger partial charge is 0.387 e. The van der Waals surface area contributed by atoms with Gasteiger partial charge in [0.2, 0.25) is 10.0 Å². The summed E-state index contributed by atoms with van der Waals surface area (Å²) in [6.45, 7) is 3.91. The molecule has 1 atom stereocenters. The van der Waals surface area contributed by atoms with Crippen LogP contribution in [0.25, 0.3) is 0 Å². The van der Waals surface area contributed by atoms with Gasteiger partial charge < -0.3 is 10.0 Å². The Kier molecular flexibility index (Phi) is 5.97. The molecule has 0 bridgehead atoms. The number of nitrogens with zero attached hydrogens (tertiary/aromatic N) is 2. The van der Waals surface area contributed by atoms with Gasteiger partial charge in [0.05, 0.1) is 11.9 Å². The molecule has 1 fully saturated rings. The fourth-order valence-corrected chi connectivity index (χ4v) is 3.99. The molecule has 0 saturated carbocycles. The van der Waals surface area contributed by atoms with Gasteiger partial charge in [-0.2, -0.15) is 0 Å². The molecular formula is C16H26N2O3S. The molecule has 1 aromatic carbocycles. The van der Waals surface area contributed by atoms with E-state index in [9.17, 15) is 13.5 Å². The molecule has 2 rings (SSSR count). The summed E-state index contributed by atoms with van der Waals surface area (Å²) in [6.07, 6.45) is 1.14. The molecule has 1 heterocycles. The Hall–Kier alpha value is -0.950. The standard InChI is InChI=1S/C16H26N2O3S/c1-3-22(20,21)17(2)15-9-11-18(12-10-15)13-16(19)14-7-5-4-6-8-14/h4-8,15-16,19H,3,9-13H2,1-2H3. The van der Waals surface area contributed by atoms with E-state index in [1.807, 2.05) is 30.3 Å². The van der Waals surface area contributed by atoms with E-state index in [0.29, 0.717) is 6.54 Å². The van der Waals surface area contributed by atoms with Crippen molar-refractivity contribution in [1.29, 1.82) is 0 Å². The minimum Gasteiger partial charge on any atom is -0.387 e. The Labute approximate surface area is 133 Å². The van der Waals surface area contributed by atoms with E-state index in [1.165, 1.54) is 4.31 Å². The van der Waals surface area contributed by atoms with Crippen LogP contribution in [0.5, 0.6) is 0 Å². The zero-order valence-corrected chi connectivity index (χ0v) is 14.2. The fraction of sp³-hybridized carbons (Fsp3) is 0.625. The average Bonchev–Trinajstić information content (AvgIpc) is 2.55. The third kappa shape index (κ3) is 4.29. The maximum Gasteiger partial charge on any atom is 0.213 e. The highest BCUT2D eigenvalue weighted by atomic mass is 32.2. The van der Waals surface area contributed by atoms with E-state index in [4.69, 9.17) is 0 Å². The van der Waals surface area contributed by atoms with Crippen LogP contribution in [0, 0.1) is 0 Å². The molecule has 1 N–H and O–H groups in total. The van der Waals surface area contributed by atoms with Crippen LogP contribution in [0.3, 0.4) is 0 Å². The lowest BCUT2D eigenvalue weighted by molar-refractivity contribution is 0.0871. The topological polar surface area (TPSA) is 60.9 Å². The lowest BCUT2D eigenvalue weighted by atomic mass is 10.0. The molecule has 22 heavy (non-hydrogen) atoms. The van der Waals surface area contributed by atoms with Gasteiger partial charge in [0.15, 0.2) is 0 Å². The maximum atomic E-state index is 11.9. The Balaban J connectivity index is 1.85. The van der Waals surface area contributed by atoms with Crippen LogP contribution in [0.4, 0.5) is 0 Å². The van der Waals surface area contributed by atoms with Crippen molar-refractivity contribution in [1.82, 2.24) is 9.21 Å². The number of hydrogen-bond donors (Lipinski definition) is 1. The smallest absolute Gasteiger partial charge is 0.213 e. The summed E-state index contributed by atoms with van der Waals surface area (Å²) in [5.74, 6) is 0.149. The van der Waals surface area contributed by atoms with E-state index >= 15 is 0 Å². The highest BCUT2D eigenvalue weighted by Gasteiger charge is 2.29. The van der Waals surface area contributed by atoms with Crippen LogP contribution in [-0.4, -0.2) is 61.2 Å². The normalized spacial score (nSPS) is 19.5. The highest BCUT2D eigenvalue weighted by Crippen LogP contribution is 2.21. The summed E-state index contributed by atoms with van der Waals surface area (Å²) in [5, 5.41) is 10.3. The summed E-state index contributed by atoms with van der Waals surface area (Å²) >= 11 is 0. The van der Waals surface area contributed by atoms with Gasteiger partial charge in [0.25, 0.3) is 0 Å². The molecule has 6 heteroatoms. The Morgan fingerprint density at radius 3 is 2.41 bits per heavy atom. The predicted octanol–water partition coefficient (Wildman–Crippen LogP) is 1.47. The van der Waals surface area contributed by atoms with Gasteiger partial charge in [0, 0.05) is 19.6 Å². The quantitative estimate of drug-likeness (QED) is 0.860. The second-order valence-electron chi connectivity index (χ2n) is 5.88. The second kappa shape index (κ2) is 7.55. The van der Waals surface area contributed by atoms with Crippen molar-refractivity contribution < 1.29 is 13.5 Å². The molecule has 0 amide bonds. The number of rotatable bonds is 6. The maximum absolute atomic E-state index is 11.9. The van der Waals surface area contributed by atoms with Gasteiger partial charge in [-0.05, 0) is 38.4 Å². The first-order chi connectivity index (χ1) is 10.4. The lowest BCUT2D eigenvalue weighted by Crippen LogP contribution is -2.46. The van der Waals surface area contributed by atoms with Gasteiger partial charge in [-0.25, -0.2) is 12.7 Å². The lowest BCUT2D eigenvalue weighted by Gasteiger charge is -2.36. The number of aliphatic hydroxyl groups is 1. The Bertz CT molecular complexity index is 554. The van der Waals surface area contributed by atoms with Crippen LogP contribution in [0.1, 0.15) is 31.4 Å². The predicted molar refractivity (Wildman–Crippen MR) is 88.1 cm³/mol. The zero-order valence-electron chi connectivity index (χ0n) is 13.4. The van der Waals surface area contributed by atoms with Crippen LogP contribution in [-0.2, 0) is 10.0 Å². The van der Waals surface area contributed by atoms with Gasteiger partial charge in [-0.3, -0.25) is 0 Å². The number of benzene rings is 1. The zero-order chi connectivity index (χ0) is 16.2. The van der Waals surface area contributed by atoms with Crippen molar-refractivity contribution in [3.63, 3.8) is 0 Å². The van der Waals surface area contributed by atoms with E-state index in [-0.39, 0.29) is 11.8 Å². The highest BCUT2D eigenvalue weighted by molar-refractivity contribution is 7.89. The van der Waals surface area contributed by atoms with E-state index < -0.39 is 16.1 Å². The van der Waals surface area contributed by atoms with Crippen molar-refractivity contribution in [2.45, 2.75) is 31.9 Å². The average molecular weight is 326 g/mol. The fourth-order valence-electron chi connectivity index (χ4n) is 2.92. The van der Waals surface area contributed by atoms with Crippen LogP contribution < -0.4 is 0 Å². The second-order valence-corrected chi connectivity index (χ2v) is 8.19. The molecular weight excluding hydrogens is 300 g/mol. The number of likely N-dealkylation sites (tertiary alicyclic amines) is 1. The molecule has 1 aromatic rings. The summed E-state index contributed by atoms with van der Waals surface area (Å²) in [6, 6.07) is 9.73.